The number of phosphoric acid groups is 2. The number of aromatic nitrogens is 2. The van der Waals surface area contributed by atoms with Gasteiger partial charge in [-0.3, -0.25) is 23.2 Å². The molecule has 1 aliphatic heterocycles. The second kappa shape index (κ2) is 38.1. The summed E-state index contributed by atoms with van der Waals surface area (Å²) >= 11 is 0. The molecule has 0 aliphatic carbocycles. The van der Waals surface area contributed by atoms with Crippen LogP contribution in [0.2, 0.25) is 0 Å². The summed E-state index contributed by atoms with van der Waals surface area (Å²) in [6, 6.07) is 1.24. The molecule has 1 aliphatic rings. The van der Waals surface area contributed by atoms with E-state index in [4.69, 9.17) is 29.0 Å². The van der Waals surface area contributed by atoms with Crippen LogP contribution in [0.25, 0.3) is 0 Å². The molecule has 0 bridgehead atoms. The molecule has 19 nitrogen and oxygen atoms in total. The van der Waals surface area contributed by atoms with Gasteiger partial charge in [-0.2, -0.15) is 9.29 Å². The predicted octanol–water partition coefficient (Wildman–Crippen LogP) is 9.30. The average Bonchev–Trinajstić information content (AvgIpc) is 3.60. The van der Waals surface area contributed by atoms with Crippen LogP contribution in [-0.2, 0) is 46.3 Å². The molecule has 0 saturated carbocycles. The van der Waals surface area contributed by atoms with Gasteiger partial charge in [0, 0.05) is 19.0 Å². The van der Waals surface area contributed by atoms with Crippen LogP contribution >= 0.6 is 15.6 Å². The van der Waals surface area contributed by atoms with Crippen LogP contribution in [0.15, 0.2) is 77.8 Å². The molecule has 404 valence electrons. The van der Waals surface area contributed by atoms with Crippen molar-refractivity contribution in [3.63, 3.8) is 0 Å². The molecule has 0 amide bonds. The SMILES string of the molecule is CCCCC/C=C\C/C=C\C/C=C\C=C\[C@H](O)CCCC(=O)O[C@H](COC(=O)CCCCCCC/C=C\CCCCCCCC)COP(=O)(O)OP(=O)(O)OC[C@H]1O[C@@H](n2ccc(N)nc2=O)[C@H](O)[C@@H]1O. The number of anilines is 1. The van der Waals surface area contributed by atoms with Crippen molar-refractivity contribution in [2.24, 2.45) is 0 Å². The summed E-state index contributed by atoms with van der Waals surface area (Å²) in [5.74, 6) is -1.52. The number of nitrogen functional groups attached to an aromatic ring is 1. The molecule has 2 unspecified atom stereocenters. The first kappa shape index (κ1) is 63.5. The fraction of sp³-hybridized carbons (Fsp3) is 0.680. The van der Waals surface area contributed by atoms with Gasteiger partial charge in [0.05, 0.1) is 19.3 Å². The van der Waals surface area contributed by atoms with E-state index in [2.05, 4.69) is 59.6 Å². The molecule has 71 heavy (non-hydrogen) atoms. The van der Waals surface area contributed by atoms with E-state index < -0.39 is 89.8 Å². The highest BCUT2D eigenvalue weighted by molar-refractivity contribution is 7.61. The van der Waals surface area contributed by atoms with E-state index in [0.717, 1.165) is 68.6 Å². The van der Waals surface area contributed by atoms with Crippen LogP contribution in [0.1, 0.15) is 168 Å². The Morgan fingerprint density at radius 1 is 0.746 bits per heavy atom. The first-order chi connectivity index (χ1) is 34.1. The monoisotopic (exact) mass is 1040 g/mol. The first-order valence-electron chi connectivity index (χ1n) is 25.4. The Morgan fingerprint density at radius 3 is 1.99 bits per heavy atom. The number of nitrogens with two attached hydrogens (primary N) is 1. The molecular weight excluding hydrogens is 961 g/mol. The Hall–Kier alpha value is -3.58. The van der Waals surface area contributed by atoms with Gasteiger partial charge in [0.2, 0.25) is 0 Å². The zero-order valence-corrected chi connectivity index (χ0v) is 43.7. The quantitative estimate of drug-likeness (QED) is 0.0117. The number of allylic oxidation sites excluding steroid dienone is 9. The number of rotatable bonds is 41. The highest BCUT2D eigenvalue weighted by atomic mass is 31.3. The lowest BCUT2D eigenvalue weighted by molar-refractivity contribution is -0.161. The molecule has 0 spiro atoms. The number of unbranched alkanes of at least 4 members (excludes halogenated alkanes) is 14. The number of carbonyl (C=O) groups is 2. The van der Waals surface area contributed by atoms with Crippen molar-refractivity contribution in [2.45, 2.75) is 198 Å². The third kappa shape index (κ3) is 30.9. The van der Waals surface area contributed by atoms with Gasteiger partial charge in [0.1, 0.15) is 30.7 Å². The van der Waals surface area contributed by atoms with Gasteiger partial charge >= 0.3 is 33.3 Å². The van der Waals surface area contributed by atoms with Gasteiger partial charge in [0.25, 0.3) is 0 Å². The van der Waals surface area contributed by atoms with Crippen LogP contribution in [-0.4, -0.2) is 96.9 Å². The molecule has 1 saturated heterocycles. The number of esters is 2. The highest BCUT2D eigenvalue weighted by Gasteiger charge is 2.46. The summed E-state index contributed by atoms with van der Waals surface area (Å²) in [6.45, 7) is 1.92. The average molecular weight is 1040 g/mol. The molecular formula is C50H83N3O16P2. The van der Waals surface area contributed by atoms with Crippen molar-refractivity contribution < 1.29 is 71.4 Å². The van der Waals surface area contributed by atoms with Crippen molar-refractivity contribution in [3.05, 3.63) is 83.5 Å². The summed E-state index contributed by atoms with van der Waals surface area (Å²) < 4.78 is 56.6. The molecule has 2 heterocycles. The van der Waals surface area contributed by atoms with Crippen molar-refractivity contribution in [3.8, 4) is 0 Å². The summed E-state index contributed by atoms with van der Waals surface area (Å²) in [5.41, 5.74) is 4.57. The maximum atomic E-state index is 12.9. The van der Waals surface area contributed by atoms with Crippen molar-refractivity contribution in [1.82, 2.24) is 9.55 Å². The summed E-state index contributed by atoms with van der Waals surface area (Å²) in [5, 5.41) is 31.3. The molecule has 1 fully saturated rings. The zero-order valence-electron chi connectivity index (χ0n) is 41.9. The van der Waals surface area contributed by atoms with Gasteiger partial charge in [-0.1, -0.05) is 139 Å². The maximum absolute atomic E-state index is 12.9. The smallest absolute Gasteiger partial charge is 0.462 e. The fourth-order valence-electron chi connectivity index (χ4n) is 7.17. The van der Waals surface area contributed by atoms with Gasteiger partial charge in [-0.25, -0.2) is 13.9 Å². The molecule has 21 heteroatoms. The lowest BCUT2D eigenvalue weighted by Crippen LogP contribution is -2.36. The fourth-order valence-corrected chi connectivity index (χ4v) is 9.29. The number of hydrogen-bond donors (Lipinski definition) is 6. The normalized spacial score (nSPS) is 20.1. The van der Waals surface area contributed by atoms with Crippen molar-refractivity contribution >= 4 is 33.4 Å². The van der Waals surface area contributed by atoms with E-state index in [0.29, 0.717) is 6.42 Å². The van der Waals surface area contributed by atoms with E-state index in [1.165, 1.54) is 63.9 Å². The zero-order chi connectivity index (χ0) is 52.2. The van der Waals surface area contributed by atoms with Crippen LogP contribution in [0.3, 0.4) is 0 Å². The third-order valence-corrected chi connectivity index (χ3v) is 13.8. The second-order valence-corrected chi connectivity index (χ2v) is 20.6. The van der Waals surface area contributed by atoms with Gasteiger partial charge in [-0.05, 0) is 76.7 Å². The number of aliphatic hydroxyl groups is 3. The Bertz CT molecular complexity index is 1940. The van der Waals surface area contributed by atoms with E-state index in [1.54, 1.807) is 12.2 Å². The van der Waals surface area contributed by atoms with Gasteiger partial charge < -0.3 is 45.1 Å². The molecule has 0 radical (unpaired) electrons. The van der Waals surface area contributed by atoms with Crippen LogP contribution in [0.5, 0.6) is 0 Å². The van der Waals surface area contributed by atoms with E-state index >= 15 is 0 Å². The number of phosphoric ester groups is 2. The molecule has 2 rings (SSSR count). The molecule has 7 N–H and O–H groups in total. The van der Waals surface area contributed by atoms with Gasteiger partial charge in [0.15, 0.2) is 12.3 Å². The van der Waals surface area contributed by atoms with E-state index in [9.17, 15) is 48.6 Å². The molecule has 1 aromatic heterocycles. The number of nitrogens with zero attached hydrogens (tertiary/aromatic N) is 2. The van der Waals surface area contributed by atoms with Crippen molar-refractivity contribution in [2.75, 3.05) is 25.6 Å². The number of hydrogen-bond acceptors (Lipinski definition) is 16. The van der Waals surface area contributed by atoms with Crippen LogP contribution < -0.4 is 11.4 Å². The standard InChI is InChI=1S/C50H83N3O16P2/c1-3-5-7-9-11-13-15-17-18-20-22-24-26-28-30-34-45(55)64-38-42(67-46(56)35-31-33-41(54)32-29-27-25-23-21-19-16-14-12-10-8-6-4-2)39-65-70(60,61)69-71(62,63)66-40-43-47(57)48(58)49(68-43)53-37-36-44(51)52-50(53)59/h12,14,17-19,21,25,27,29,32,36-37,41-43,47-49,54,57-58H,3-11,13,15-16,20,22-24,26,28,30-31,33-35,38-40H2,1-2H3,(H,60,61)(H,62,63)(H2,51,52,59)/b14-12-,18-17-,21-19-,27-25-,32-29+/t41-,42+,43+,47+,48+,49+/m0/s1. The van der Waals surface area contributed by atoms with Gasteiger partial charge in [-0.15, -0.1) is 0 Å². The van der Waals surface area contributed by atoms with E-state index in [1.807, 2.05) is 12.2 Å². The minimum absolute atomic E-state index is 0.0747. The minimum Gasteiger partial charge on any atom is -0.462 e. The Balaban J connectivity index is 1.87. The number of aliphatic hydroxyl groups excluding tert-OH is 3. The number of carbonyl (C=O) groups excluding carboxylic acids is 2. The lowest BCUT2D eigenvalue weighted by Gasteiger charge is -2.21. The minimum atomic E-state index is -5.47. The molecule has 8 atom stereocenters. The third-order valence-electron chi connectivity index (χ3n) is 11.2. The van der Waals surface area contributed by atoms with Crippen LogP contribution in [0.4, 0.5) is 5.82 Å². The highest BCUT2D eigenvalue weighted by Crippen LogP contribution is 2.60. The first-order valence-corrected chi connectivity index (χ1v) is 28.4. The van der Waals surface area contributed by atoms with E-state index in [-0.39, 0.29) is 31.5 Å². The summed E-state index contributed by atoms with van der Waals surface area (Å²) in [6.07, 6.45) is 33.2. The van der Waals surface area contributed by atoms with Crippen LogP contribution in [0, 0.1) is 0 Å². The number of ether oxygens (including phenoxy) is 3. The summed E-state index contributed by atoms with van der Waals surface area (Å²) in [7, 11) is -10.9. The molecule has 0 aromatic carbocycles. The predicted molar refractivity (Wildman–Crippen MR) is 272 cm³/mol. The Kier molecular flexibility index (Phi) is 34.1. The Morgan fingerprint density at radius 2 is 1.31 bits per heavy atom. The molecule has 1 aromatic rings. The Labute approximate surface area is 420 Å². The largest absolute Gasteiger partial charge is 0.481 e. The topological polar surface area (TPSA) is 286 Å². The van der Waals surface area contributed by atoms with Crippen molar-refractivity contribution in [1.29, 1.82) is 0 Å². The lowest BCUT2D eigenvalue weighted by atomic mass is 10.1. The summed E-state index contributed by atoms with van der Waals surface area (Å²) in [4.78, 5) is 61.9. The maximum Gasteiger partial charge on any atom is 0.481 e. The second-order valence-electron chi connectivity index (χ2n) is 17.5.